The van der Waals surface area contributed by atoms with Crippen LogP contribution in [0.1, 0.15) is 37.8 Å². The maximum absolute atomic E-state index is 12.7. The van der Waals surface area contributed by atoms with Crippen LogP contribution in [0.2, 0.25) is 0 Å². The molecular formula is C20H27N5O. The highest BCUT2D eigenvalue weighted by atomic mass is 16.2. The SMILES string of the molecule is O=C(C1CCCCC1)N1CCN(Cc2cnn(-c3ccccc3)n2)CC1. The van der Waals surface area contributed by atoms with Gasteiger partial charge in [0, 0.05) is 38.6 Å². The predicted octanol–water partition coefficient (Wildman–Crippen LogP) is 2.49. The second-order valence-electron chi connectivity index (χ2n) is 7.40. The van der Waals surface area contributed by atoms with E-state index in [1.807, 2.05) is 36.5 Å². The van der Waals surface area contributed by atoms with Crippen molar-refractivity contribution in [2.75, 3.05) is 26.2 Å². The van der Waals surface area contributed by atoms with E-state index in [2.05, 4.69) is 20.0 Å². The molecule has 1 saturated heterocycles. The number of hydrogen-bond donors (Lipinski definition) is 0. The van der Waals surface area contributed by atoms with Crippen molar-refractivity contribution in [3.05, 3.63) is 42.2 Å². The number of aromatic nitrogens is 3. The number of carbonyl (C=O) groups excluding carboxylic acids is 1. The van der Waals surface area contributed by atoms with Gasteiger partial charge in [0.05, 0.1) is 17.6 Å². The summed E-state index contributed by atoms with van der Waals surface area (Å²) >= 11 is 0. The van der Waals surface area contributed by atoms with Crippen molar-refractivity contribution >= 4 is 5.91 Å². The van der Waals surface area contributed by atoms with Crippen LogP contribution >= 0.6 is 0 Å². The van der Waals surface area contributed by atoms with Gasteiger partial charge in [-0.2, -0.15) is 15.0 Å². The van der Waals surface area contributed by atoms with Crippen LogP contribution in [0.25, 0.3) is 5.69 Å². The Morgan fingerprint density at radius 1 is 1.00 bits per heavy atom. The van der Waals surface area contributed by atoms with Crippen molar-refractivity contribution in [2.24, 2.45) is 5.92 Å². The summed E-state index contributed by atoms with van der Waals surface area (Å²) in [7, 11) is 0. The summed E-state index contributed by atoms with van der Waals surface area (Å²) in [4.78, 5) is 18.8. The Morgan fingerprint density at radius 3 is 2.46 bits per heavy atom. The first-order valence-corrected chi connectivity index (χ1v) is 9.77. The quantitative estimate of drug-likeness (QED) is 0.847. The van der Waals surface area contributed by atoms with Gasteiger partial charge in [-0.05, 0) is 25.0 Å². The zero-order valence-corrected chi connectivity index (χ0v) is 15.3. The molecular weight excluding hydrogens is 326 g/mol. The van der Waals surface area contributed by atoms with Crippen LogP contribution < -0.4 is 0 Å². The molecule has 2 aromatic rings. The predicted molar refractivity (Wildman–Crippen MR) is 99.8 cm³/mol. The molecule has 2 heterocycles. The van der Waals surface area contributed by atoms with E-state index in [1.165, 1.54) is 19.3 Å². The number of benzene rings is 1. The Bertz CT molecular complexity index is 715. The Morgan fingerprint density at radius 2 is 1.73 bits per heavy atom. The highest BCUT2D eigenvalue weighted by Crippen LogP contribution is 2.25. The van der Waals surface area contributed by atoms with Crippen molar-refractivity contribution in [2.45, 2.75) is 38.6 Å². The van der Waals surface area contributed by atoms with Crippen LogP contribution in [0.15, 0.2) is 36.5 Å². The first-order valence-electron chi connectivity index (χ1n) is 9.77. The maximum Gasteiger partial charge on any atom is 0.225 e. The number of piperazine rings is 1. The summed E-state index contributed by atoms with van der Waals surface area (Å²) in [5.41, 5.74) is 1.95. The van der Waals surface area contributed by atoms with Crippen LogP contribution in [0.5, 0.6) is 0 Å². The van der Waals surface area contributed by atoms with Gasteiger partial charge in [0.2, 0.25) is 5.91 Å². The fraction of sp³-hybridized carbons (Fsp3) is 0.550. The third-order valence-corrected chi connectivity index (χ3v) is 5.55. The van der Waals surface area contributed by atoms with E-state index in [4.69, 9.17) is 0 Å². The lowest BCUT2D eigenvalue weighted by atomic mass is 9.88. The van der Waals surface area contributed by atoms with Gasteiger partial charge in [0.15, 0.2) is 0 Å². The molecule has 2 fully saturated rings. The van der Waals surface area contributed by atoms with Gasteiger partial charge in [-0.1, -0.05) is 37.5 Å². The molecule has 6 nitrogen and oxygen atoms in total. The zero-order valence-electron chi connectivity index (χ0n) is 15.3. The van der Waals surface area contributed by atoms with Gasteiger partial charge in [-0.25, -0.2) is 0 Å². The number of amides is 1. The second-order valence-corrected chi connectivity index (χ2v) is 7.40. The molecule has 26 heavy (non-hydrogen) atoms. The molecule has 6 heteroatoms. The first kappa shape index (κ1) is 17.2. The topological polar surface area (TPSA) is 54.3 Å². The van der Waals surface area contributed by atoms with E-state index in [0.717, 1.165) is 56.9 Å². The molecule has 0 N–H and O–H groups in total. The minimum absolute atomic E-state index is 0.279. The van der Waals surface area contributed by atoms with E-state index < -0.39 is 0 Å². The summed E-state index contributed by atoms with van der Waals surface area (Å²) in [5.74, 6) is 0.667. The van der Waals surface area contributed by atoms with E-state index in [9.17, 15) is 4.79 Å². The van der Waals surface area contributed by atoms with E-state index in [0.29, 0.717) is 5.91 Å². The van der Waals surface area contributed by atoms with Crippen molar-refractivity contribution in [1.82, 2.24) is 24.8 Å². The molecule has 1 aliphatic heterocycles. The van der Waals surface area contributed by atoms with Gasteiger partial charge < -0.3 is 4.90 Å². The lowest BCUT2D eigenvalue weighted by Crippen LogP contribution is -2.50. The molecule has 0 spiro atoms. The van der Waals surface area contributed by atoms with Gasteiger partial charge in [-0.3, -0.25) is 9.69 Å². The third kappa shape index (κ3) is 3.96. The molecule has 0 bridgehead atoms. The molecule has 4 rings (SSSR count). The minimum Gasteiger partial charge on any atom is -0.340 e. The van der Waals surface area contributed by atoms with Crippen molar-refractivity contribution < 1.29 is 4.79 Å². The Labute approximate surface area is 154 Å². The monoisotopic (exact) mass is 353 g/mol. The van der Waals surface area contributed by atoms with Crippen molar-refractivity contribution in [1.29, 1.82) is 0 Å². The van der Waals surface area contributed by atoms with Crippen molar-refractivity contribution in [3.8, 4) is 5.69 Å². The highest BCUT2D eigenvalue weighted by Gasteiger charge is 2.28. The van der Waals surface area contributed by atoms with Gasteiger partial charge in [0.25, 0.3) is 0 Å². The third-order valence-electron chi connectivity index (χ3n) is 5.55. The molecule has 1 saturated carbocycles. The molecule has 1 aromatic heterocycles. The minimum atomic E-state index is 0.279. The molecule has 0 unspecified atom stereocenters. The van der Waals surface area contributed by atoms with Crippen molar-refractivity contribution in [3.63, 3.8) is 0 Å². The fourth-order valence-electron chi connectivity index (χ4n) is 4.02. The summed E-state index contributed by atoms with van der Waals surface area (Å²) in [6, 6.07) is 9.96. The first-order chi connectivity index (χ1) is 12.8. The summed E-state index contributed by atoms with van der Waals surface area (Å²) in [6.45, 7) is 4.29. The molecule has 1 aromatic carbocycles. The smallest absolute Gasteiger partial charge is 0.225 e. The number of carbonyl (C=O) groups is 1. The molecule has 1 aliphatic carbocycles. The Hall–Kier alpha value is -2.21. The highest BCUT2D eigenvalue weighted by molar-refractivity contribution is 5.79. The average molecular weight is 353 g/mol. The number of hydrogen-bond acceptors (Lipinski definition) is 4. The number of nitrogens with zero attached hydrogens (tertiary/aromatic N) is 5. The number of para-hydroxylation sites is 1. The normalized spacial score (nSPS) is 19.6. The summed E-state index contributed by atoms with van der Waals surface area (Å²) in [5, 5.41) is 8.96. The standard InChI is InChI=1S/C20H27N5O/c26-20(17-7-3-1-4-8-17)24-13-11-23(12-14-24)16-18-15-21-25(22-18)19-9-5-2-6-10-19/h2,5-6,9-10,15,17H,1,3-4,7-8,11-14,16H2. The molecule has 2 aliphatic rings. The number of rotatable bonds is 4. The van der Waals surface area contributed by atoms with Crippen LogP contribution in [0.3, 0.4) is 0 Å². The van der Waals surface area contributed by atoms with Crippen LogP contribution in [0, 0.1) is 5.92 Å². The van der Waals surface area contributed by atoms with E-state index >= 15 is 0 Å². The molecule has 138 valence electrons. The van der Waals surface area contributed by atoms with Crippen LogP contribution in [0.4, 0.5) is 0 Å². The van der Waals surface area contributed by atoms with E-state index in [1.54, 1.807) is 4.80 Å². The Balaban J connectivity index is 1.29. The van der Waals surface area contributed by atoms with Crippen LogP contribution in [-0.2, 0) is 11.3 Å². The lowest BCUT2D eigenvalue weighted by Gasteiger charge is -2.36. The van der Waals surface area contributed by atoms with Gasteiger partial charge in [-0.15, -0.1) is 0 Å². The zero-order chi connectivity index (χ0) is 17.8. The van der Waals surface area contributed by atoms with Gasteiger partial charge >= 0.3 is 0 Å². The maximum atomic E-state index is 12.7. The largest absolute Gasteiger partial charge is 0.340 e. The lowest BCUT2D eigenvalue weighted by molar-refractivity contribution is -0.138. The van der Waals surface area contributed by atoms with Crippen LogP contribution in [-0.4, -0.2) is 56.9 Å². The van der Waals surface area contributed by atoms with E-state index in [-0.39, 0.29) is 5.92 Å². The van der Waals surface area contributed by atoms with Gasteiger partial charge in [0.1, 0.15) is 0 Å². The summed E-state index contributed by atoms with van der Waals surface area (Å²) < 4.78 is 0. The molecule has 1 amide bonds. The fourth-order valence-corrected chi connectivity index (χ4v) is 4.02. The average Bonchev–Trinajstić information content (AvgIpc) is 3.18. The molecule has 0 atom stereocenters. The summed E-state index contributed by atoms with van der Waals surface area (Å²) in [6.07, 6.45) is 7.73. The Kier molecular flexibility index (Phi) is 5.29. The second kappa shape index (κ2) is 7.99. The molecule has 0 radical (unpaired) electrons.